The van der Waals surface area contributed by atoms with E-state index in [1.165, 1.54) is 22.0 Å². The minimum Gasteiger partial charge on any atom is -0.480 e. The molecule has 1 atom stereocenters. The Labute approximate surface area is 202 Å². The van der Waals surface area contributed by atoms with Crippen LogP contribution in [-0.4, -0.2) is 51.2 Å². The van der Waals surface area contributed by atoms with Crippen molar-refractivity contribution >= 4 is 18.0 Å². The minimum absolute atomic E-state index is 0.00804. The second-order valence-corrected chi connectivity index (χ2v) is 8.46. The topological polar surface area (TPSA) is 135 Å². The first-order valence-electron chi connectivity index (χ1n) is 11.4. The molecular formula is C25H27N5O5. The van der Waals surface area contributed by atoms with Gasteiger partial charge in [0.2, 0.25) is 5.91 Å². The number of nitrogens with zero attached hydrogens (tertiary/aromatic N) is 3. The molecule has 0 bridgehead atoms. The van der Waals surface area contributed by atoms with Gasteiger partial charge in [-0.05, 0) is 28.7 Å². The number of alkyl carbamates (subject to hydrolysis) is 1. The number of carbonyl (C=O) groups is 3. The summed E-state index contributed by atoms with van der Waals surface area (Å²) in [6, 6.07) is 16.3. The van der Waals surface area contributed by atoms with E-state index >= 15 is 0 Å². The van der Waals surface area contributed by atoms with E-state index in [-0.39, 0.29) is 37.4 Å². The summed E-state index contributed by atoms with van der Waals surface area (Å²) < 4.78 is 6.69. The van der Waals surface area contributed by atoms with Crippen LogP contribution in [0.2, 0.25) is 0 Å². The number of fused-ring (bicyclic) bond motifs is 3. The molecular weight excluding hydrogens is 450 g/mol. The van der Waals surface area contributed by atoms with Crippen molar-refractivity contribution in [3.8, 4) is 11.1 Å². The molecule has 0 aliphatic heterocycles. The van der Waals surface area contributed by atoms with Crippen molar-refractivity contribution in [3.63, 3.8) is 0 Å². The number of ether oxygens (including phenoxy) is 1. The monoisotopic (exact) mass is 477 g/mol. The average Bonchev–Trinajstić information content (AvgIpc) is 3.42. The highest BCUT2D eigenvalue weighted by molar-refractivity contribution is 5.79. The second kappa shape index (κ2) is 10.8. The predicted molar refractivity (Wildman–Crippen MR) is 126 cm³/mol. The van der Waals surface area contributed by atoms with Gasteiger partial charge in [0.1, 0.15) is 18.8 Å². The van der Waals surface area contributed by atoms with Crippen molar-refractivity contribution in [1.82, 2.24) is 25.6 Å². The van der Waals surface area contributed by atoms with Crippen LogP contribution < -0.4 is 10.6 Å². The van der Waals surface area contributed by atoms with Crippen molar-refractivity contribution in [3.05, 3.63) is 71.5 Å². The normalized spacial score (nSPS) is 12.9. The molecule has 3 aromatic rings. The number of hydrogen-bond acceptors (Lipinski definition) is 6. The lowest BCUT2D eigenvalue weighted by Gasteiger charge is -2.15. The van der Waals surface area contributed by atoms with Crippen LogP contribution in [-0.2, 0) is 27.4 Å². The number of nitrogens with one attached hydrogen (secondary N) is 2. The van der Waals surface area contributed by atoms with Gasteiger partial charge in [-0.1, -0.05) is 60.7 Å². The van der Waals surface area contributed by atoms with Crippen LogP contribution in [0.25, 0.3) is 11.1 Å². The summed E-state index contributed by atoms with van der Waals surface area (Å²) in [5.74, 6) is -1.58. The summed E-state index contributed by atoms with van der Waals surface area (Å²) >= 11 is 0. The zero-order valence-corrected chi connectivity index (χ0v) is 19.3. The quantitative estimate of drug-likeness (QED) is 0.408. The number of carboxylic acids is 1. The molecule has 1 aliphatic rings. The van der Waals surface area contributed by atoms with Gasteiger partial charge in [-0.3, -0.25) is 9.59 Å². The van der Waals surface area contributed by atoms with Gasteiger partial charge < -0.3 is 20.5 Å². The number of aliphatic carboxylic acids is 1. The molecule has 2 aromatic carbocycles. The molecule has 0 radical (unpaired) electrons. The molecule has 1 aliphatic carbocycles. The maximum Gasteiger partial charge on any atom is 0.407 e. The maximum atomic E-state index is 12.3. The van der Waals surface area contributed by atoms with Gasteiger partial charge in [0.05, 0.1) is 12.7 Å². The van der Waals surface area contributed by atoms with E-state index in [1.807, 2.05) is 24.3 Å². The molecule has 0 spiro atoms. The lowest BCUT2D eigenvalue weighted by atomic mass is 9.98. The molecule has 1 heterocycles. The molecule has 2 amide bonds. The number of amides is 2. The number of rotatable bonds is 10. The number of hydrogen-bond donors (Lipinski definition) is 3. The van der Waals surface area contributed by atoms with Gasteiger partial charge in [0.25, 0.3) is 0 Å². The van der Waals surface area contributed by atoms with E-state index in [0.29, 0.717) is 18.7 Å². The summed E-state index contributed by atoms with van der Waals surface area (Å²) in [4.78, 5) is 35.3. The van der Waals surface area contributed by atoms with E-state index < -0.39 is 12.1 Å². The van der Waals surface area contributed by atoms with Crippen LogP contribution in [0, 0.1) is 5.92 Å². The van der Waals surface area contributed by atoms with Crippen LogP contribution >= 0.6 is 0 Å². The van der Waals surface area contributed by atoms with E-state index in [9.17, 15) is 14.4 Å². The smallest absolute Gasteiger partial charge is 0.407 e. The van der Waals surface area contributed by atoms with E-state index in [0.717, 1.165) is 11.1 Å². The SMILES string of the molecule is CC(CCNC(=O)OCC1c2ccccc2-c2ccccc21)C(=O)NCc1cn(CC(=O)O)nn1. The van der Waals surface area contributed by atoms with Gasteiger partial charge >= 0.3 is 12.1 Å². The Morgan fingerprint density at radius 2 is 1.71 bits per heavy atom. The van der Waals surface area contributed by atoms with Crippen LogP contribution in [0.4, 0.5) is 4.79 Å². The molecule has 10 heteroatoms. The molecule has 0 saturated heterocycles. The third kappa shape index (κ3) is 5.84. The molecule has 0 fully saturated rings. The maximum absolute atomic E-state index is 12.3. The van der Waals surface area contributed by atoms with Crippen molar-refractivity contribution in [1.29, 1.82) is 0 Å². The summed E-state index contributed by atoms with van der Waals surface area (Å²) in [5, 5.41) is 21.7. The first kappa shape index (κ1) is 23.9. The summed E-state index contributed by atoms with van der Waals surface area (Å²) in [7, 11) is 0. The Bertz CT molecular complexity index is 1180. The van der Waals surface area contributed by atoms with Crippen molar-refractivity contribution < 1.29 is 24.2 Å². The van der Waals surface area contributed by atoms with Gasteiger partial charge in [-0.25, -0.2) is 9.48 Å². The van der Waals surface area contributed by atoms with Gasteiger partial charge in [-0.15, -0.1) is 5.10 Å². The van der Waals surface area contributed by atoms with E-state index in [1.54, 1.807) is 6.92 Å². The summed E-state index contributed by atoms with van der Waals surface area (Å²) in [6.45, 7) is 2.13. The van der Waals surface area contributed by atoms with Crippen molar-refractivity contribution in [2.45, 2.75) is 32.4 Å². The standard InChI is InChI=1S/C25H27N5O5/c1-16(24(33)27-12-17-13-30(29-28-17)14-23(31)32)10-11-26-25(34)35-15-22-20-8-4-2-6-18(20)19-7-3-5-9-21(19)22/h2-9,13,16,22H,10-12,14-15H2,1H3,(H,26,34)(H,27,33)(H,31,32). The van der Waals surface area contributed by atoms with Crippen LogP contribution in [0.3, 0.4) is 0 Å². The molecule has 0 saturated carbocycles. The fraction of sp³-hybridized carbons (Fsp3) is 0.320. The Kier molecular flexibility index (Phi) is 7.39. The lowest BCUT2D eigenvalue weighted by Crippen LogP contribution is -2.33. The number of carboxylic acid groups (broad SMARTS) is 1. The Balaban J connectivity index is 1.19. The number of aromatic nitrogens is 3. The zero-order valence-electron chi connectivity index (χ0n) is 19.3. The van der Waals surface area contributed by atoms with Gasteiger partial charge in [-0.2, -0.15) is 0 Å². The van der Waals surface area contributed by atoms with Crippen molar-refractivity contribution in [2.24, 2.45) is 5.92 Å². The molecule has 10 nitrogen and oxygen atoms in total. The Hall–Kier alpha value is -4.21. The fourth-order valence-electron chi connectivity index (χ4n) is 4.16. The van der Waals surface area contributed by atoms with Crippen LogP contribution in [0.5, 0.6) is 0 Å². The molecule has 182 valence electrons. The molecule has 4 rings (SSSR count). The van der Waals surface area contributed by atoms with Crippen LogP contribution in [0.15, 0.2) is 54.7 Å². The lowest BCUT2D eigenvalue weighted by molar-refractivity contribution is -0.138. The van der Waals surface area contributed by atoms with E-state index in [4.69, 9.17) is 9.84 Å². The highest BCUT2D eigenvalue weighted by atomic mass is 16.5. The summed E-state index contributed by atoms with van der Waals surface area (Å²) in [5.41, 5.74) is 5.09. The van der Waals surface area contributed by atoms with Gasteiger partial charge in [0, 0.05) is 18.4 Å². The zero-order chi connectivity index (χ0) is 24.8. The largest absolute Gasteiger partial charge is 0.480 e. The number of carbonyl (C=O) groups excluding carboxylic acids is 2. The average molecular weight is 478 g/mol. The fourth-order valence-corrected chi connectivity index (χ4v) is 4.16. The second-order valence-electron chi connectivity index (χ2n) is 8.46. The third-order valence-corrected chi connectivity index (χ3v) is 5.97. The van der Waals surface area contributed by atoms with E-state index in [2.05, 4.69) is 45.2 Å². The van der Waals surface area contributed by atoms with Crippen LogP contribution in [0.1, 0.15) is 36.1 Å². The predicted octanol–water partition coefficient (Wildman–Crippen LogP) is 2.54. The molecule has 3 N–H and O–H groups in total. The highest BCUT2D eigenvalue weighted by Gasteiger charge is 2.29. The number of benzene rings is 2. The first-order chi connectivity index (χ1) is 16.9. The highest BCUT2D eigenvalue weighted by Crippen LogP contribution is 2.44. The minimum atomic E-state index is -1.02. The summed E-state index contributed by atoms with van der Waals surface area (Å²) in [6.07, 6.45) is 1.38. The molecule has 1 unspecified atom stereocenters. The molecule has 1 aromatic heterocycles. The Morgan fingerprint density at radius 3 is 2.37 bits per heavy atom. The Morgan fingerprint density at radius 1 is 1.06 bits per heavy atom. The molecule has 35 heavy (non-hydrogen) atoms. The van der Waals surface area contributed by atoms with Crippen molar-refractivity contribution in [2.75, 3.05) is 13.2 Å². The third-order valence-electron chi connectivity index (χ3n) is 5.97. The van der Waals surface area contributed by atoms with Gasteiger partial charge in [0.15, 0.2) is 0 Å². The first-order valence-corrected chi connectivity index (χ1v) is 11.4.